The van der Waals surface area contributed by atoms with E-state index < -0.39 is 5.91 Å². The van der Waals surface area contributed by atoms with Crippen molar-refractivity contribution < 1.29 is 4.79 Å². The number of aromatic nitrogens is 3. The third-order valence-corrected chi connectivity index (χ3v) is 4.27. The fraction of sp³-hybridized carbons (Fsp3) is 0.412. The first-order chi connectivity index (χ1) is 13.4. The standard InChI is InChI=1S/C17H26N10O/c18-5-6-22-15-24-16(23-13-3-1-10(2-4-13)14(21)28)26-17(25-15)27-8-11(19)7-12(20)9-27/h1-4,11-12H,5-9,18-20H2,(H2,21,28)(H2,22,23,24,25,26)/t11-,12+. The molecule has 0 bridgehead atoms. The van der Waals surface area contributed by atoms with E-state index in [9.17, 15) is 4.79 Å². The number of hydrogen-bond donors (Lipinski definition) is 6. The number of nitrogens with one attached hydrogen (secondary N) is 2. The topological polar surface area (TPSA) is 187 Å². The Morgan fingerprint density at radius 3 is 2.32 bits per heavy atom. The molecule has 11 heteroatoms. The van der Waals surface area contributed by atoms with Gasteiger partial charge in [0.1, 0.15) is 0 Å². The second-order valence-electron chi connectivity index (χ2n) is 6.73. The number of piperidine rings is 1. The number of primary amides is 1. The van der Waals surface area contributed by atoms with Gasteiger partial charge in [0.15, 0.2) is 0 Å². The average molecular weight is 386 g/mol. The molecule has 1 aliphatic rings. The van der Waals surface area contributed by atoms with E-state index in [1.165, 1.54) is 0 Å². The van der Waals surface area contributed by atoms with E-state index >= 15 is 0 Å². The van der Waals surface area contributed by atoms with Gasteiger partial charge in [-0.2, -0.15) is 15.0 Å². The molecule has 1 amide bonds. The number of nitrogens with two attached hydrogens (primary N) is 4. The van der Waals surface area contributed by atoms with E-state index in [1.807, 2.05) is 4.90 Å². The third kappa shape index (κ3) is 5.03. The summed E-state index contributed by atoms with van der Waals surface area (Å²) in [5.41, 5.74) is 24.1. The lowest BCUT2D eigenvalue weighted by Gasteiger charge is -2.34. The summed E-state index contributed by atoms with van der Waals surface area (Å²) in [6, 6.07) is 6.62. The number of carbonyl (C=O) groups excluding carboxylic acids is 1. The maximum absolute atomic E-state index is 11.2. The third-order valence-electron chi connectivity index (χ3n) is 4.27. The van der Waals surface area contributed by atoms with E-state index in [0.717, 1.165) is 6.42 Å². The molecule has 1 fully saturated rings. The lowest BCUT2D eigenvalue weighted by molar-refractivity contribution is 0.100. The van der Waals surface area contributed by atoms with Crippen molar-refractivity contribution in [3.05, 3.63) is 29.8 Å². The van der Waals surface area contributed by atoms with Gasteiger partial charge in [-0.15, -0.1) is 0 Å². The Kier molecular flexibility index (Phi) is 6.19. The fourth-order valence-corrected chi connectivity index (χ4v) is 3.01. The van der Waals surface area contributed by atoms with Gasteiger partial charge in [0, 0.05) is 49.5 Å². The van der Waals surface area contributed by atoms with Crippen LogP contribution in [0.5, 0.6) is 0 Å². The minimum absolute atomic E-state index is 0.0429. The highest BCUT2D eigenvalue weighted by Crippen LogP contribution is 2.20. The predicted molar refractivity (Wildman–Crippen MR) is 108 cm³/mol. The maximum Gasteiger partial charge on any atom is 0.248 e. The number of rotatable bonds is 7. The van der Waals surface area contributed by atoms with Gasteiger partial charge < -0.3 is 38.5 Å². The van der Waals surface area contributed by atoms with Crippen LogP contribution in [0.3, 0.4) is 0 Å². The molecule has 1 saturated heterocycles. The molecule has 10 N–H and O–H groups in total. The normalized spacial score (nSPS) is 19.3. The van der Waals surface area contributed by atoms with E-state index in [-0.39, 0.29) is 12.1 Å². The molecule has 1 aromatic heterocycles. The van der Waals surface area contributed by atoms with Gasteiger partial charge in [-0.25, -0.2) is 0 Å². The van der Waals surface area contributed by atoms with Crippen LogP contribution in [0.25, 0.3) is 0 Å². The summed E-state index contributed by atoms with van der Waals surface area (Å²) in [5.74, 6) is 0.750. The Morgan fingerprint density at radius 2 is 1.71 bits per heavy atom. The first kappa shape index (κ1) is 19.7. The number of anilines is 4. The van der Waals surface area contributed by atoms with E-state index in [1.54, 1.807) is 24.3 Å². The zero-order valence-corrected chi connectivity index (χ0v) is 15.5. The molecule has 150 valence electrons. The van der Waals surface area contributed by atoms with Crippen LogP contribution in [0.2, 0.25) is 0 Å². The molecule has 1 aromatic carbocycles. The Morgan fingerprint density at radius 1 is 1.07 bits per heavy atom. The van der Waals surface area contributed by atoms with E-state index in [0.29, 0.717) is 55.3 Å². The molecule has 3 rings (SSSR count). The van der Waals surface area contributed by atoms with E-state index in [4.69, 9.17) is 22.9 Å². The number of amides is 1. The highest BCUT2D eigenvalue weighted by molar-refractivity contribution is 5.93. The molecule has 2 aromatic rings. The zero-order chi connectivity index (χ0) is 20.1. The number of nitrogens with zero attached hydrogens (tertiary/aromatic N) is 4. The predicted octanol–water partition coefficient (Wildman–Crippen LogP) is -1.05. The van der Waals surface area contributed by atoms with Crippen LogP contribution in [-0.2, 0) is 0 Å². The Hall–Kier alpha value is -3.02. The van der Waals surface area contributed by atoms with Gasteiger partial charge in [0.25, 0.3) is 0 Å². The van der Waals surface area contributed by atoms with Gasteiger partial charge in [-0.1, -0.05) is 0 Å². The lowest BCUT2D eigenvalue weighted by Crippen LogP contribution is -2.52. The minimum Gasteiger partial charge on any atom is -0.366 e. The quantitative estimate of drug-likeness (QED) is 0.342. The molecule has 28 heavy (non-hydrogen) atoms. The fourth-order valence-electron chi connectivity index (χ4n) is 3.01. The summed E-state index contributed by atoms with van der Waals surface area (Å²) < 4.78 is 0. The van der Waals surface area contributed by atoms with Crippen molar-refractivity contribution in [2.75, 3.05) is 41.7 Å². The lowest BCUT2D eigenvalue weighted by atomic mass is 10.0. The maximum atomic E-state index is 11.2. The average Bonchev–Trinajstić information content (AvgIpc) is 2.66. The summed E-state index contributed by atoms with van der Waals surface area (Å²) in [6.07, 6.45) is 0.761. The monoisotopic (exact) mass is 386 g/mol. The molecule has 0 aliphatic carbocycles. The van der Waals surface area contributed by atoms with Gasteiger partial charge in [-0.3, -0.25) is 4.79 Å². The molecule has 2 atom stereocenters. The van der Waals surface area contributed by atoms with Crippen molar-refractivity contribution in [2.45, 2.75) is 18.5 Å². The zero-order valence-electron chi connectivity index (χ0n) is 15.5. The summed E-state index contributed by atoms with van der Waals surface area (Å²) in [4.78, 5) is 26.5. The molecule has 2 heterocycles. The van der Waals surface area contributed by atoms with Crippen LogP contribution in [0.1, 0.15) is 16.8 Å². The number of hydrogen-bond acceptors (Lipinski definition) is 10. The van der Waals surface area contributed by atoms with Gasteiger partial charge >= 0.3 is 0 Å². The summed E-state index contributed by atoms with van der Waals surface area (Å²) in [6.45, 7) is 2.19. The smallest absolute Gasteiger partial charge is 0.248 e. The van der Waals surface area contributed by atoms with Crippen molar-refractivity contribution in [1.82, 2.24) is 15.0 Å². The largest absolute Gasteiger partial charge is 0.366 e. The molecule has 0 saturated carbocycles. The molecule has 0 spiro atoms. The molecular formula is C17H26N10O. The van der Waals surface area contributed by atoms with Gasteiger partial charge in [0.2, 0.25) is 23.8 Å². The molecule has 1 aliphatic heterocycles. The second kappa shape index (κ2) is 8.78. The number of carbonyl (C=O) groups is 1. The first-order valence-electron chi connectivity index (χ1n) is 9.07. The Bertz CT molecular complexity index is 802. The molecule has 0 unspecified atom stereocenters. The first-order valence-corrected chi connectivity index (χ1v) is 9.07. The highest BCUT2D eigenvalue weighted by atomic mass is 16.1. The van der Waals surface area contributed by atoms with Gasteiger partial charge in [0.05, 0.1) is 0 Å². The van der Waals surface area contributed by atoms with Crippen LogP contribution in [0, 0.1) is 0 Å². The number of benzene rings is 1. The van der Waals surface area contributed by atoms with Crippen molar-refractivity contribution in [3.8, 4) is 0 Å². The van der Waals surface area contributed by atoms with Crippen molar-refractivity contribution in [3.63, 3.8) is 0 Å². The van der Waals surface area contributed by atoms with E-state index in [2.05, 4.69) is 25.6 Å². The summed E-state index contributed by atoms with van der Waals surface area (Å²) in [5, 5.41) is 6.18. The van der Waals surface area contributed by atoms with Crippen LogP contribution in [0.4, 0.5) is 23.5 Å². The summed E-state index contributed by atoms with van der Waals surface area (Å²) >= 11 is 0. The van der Waals surface area contributed by atoms with Crippen LogP contribution >= 0.6 is 0 Å². The molecule has 11 nitrogen and oxygen atoms in total. The van der Waals surface area contributed by atoms with Crippen molar-refractivity contribution in [1.29, 1.82) is 0 Å². The SMILES string of the molecule is NCCNc1nc(Nc2ccc(C(N)=O)cc2)nc(N2C[C@H](N)C[C@H](N)C2)n1. The molecule has 0 radical (unpaired) electrons. The van der Waals surface area contributed by atoms with Crippen molar-refractivity contribution >= 4 is 29.4 Å². The summed E-state index contributed by atoms with van der Waals surface area (Å²) in [7, 11) is 0. The van der Waals surface area contributed by atoms with Crippen LogP contribution < -0.4 is 38.5 Å². The highest BCUT2D eigenvalue weighted by Gasteiger charge is 2.25. The van der Waals surface area contributed by atoms with Crippen LogP contribution in [-0.4, -0.2) is 59.1 Å². The second-order valence-corrected chi connectivity index (χ2v) is 6.73. The Labute approximate surface area is 162 Å². The van der Waals surface area contributed by atoms with Crippen molar-refractivity contribution in [2.24, 2.45) is 22.9 Å². The minimum atomic E-state index is -0.486. The van der Waals surface area contributed by atoms with Crippen LogP contribution in [0.15, 0.2) is 24.3 Å². The Balaban J connectivity index is 1.85. The molecular weight excluding hydrogens is 360 g/mol. The van der Waals surface area contributed by atoms with Gasteiger partial charge in [-0.05, 0) is 30.7 Å².